The van der Waals surface area contributed by atoms with E-state index in [2.05, 4.69) is 50.7 Å². The van der Waals surface area contributed by atoms with Crippen LogP contribution in [-0.2, 0) is 20.0 Å². The van der Waals surface area contributed by atoms with Crippen LogP contribution in [0.2, 0.25) is 0 Å². The van der Waals surface area contributed by atoms with Gasteiger partial charge in [-0.15, -0.1) is 0 Å². The van der Waals surface area contributed by atoms with Gasteiger partial charge in [-0.05, 0) is 112 Å². The topological polar surface area (TPSA) is 313 Å². The molecular formula is C38H51N15O7S2. The lowest BCUT2D eigenvalue weighted by atomic mass is 10.3. The van der Waals surface area contributed by atoms with E-state index in [4.69, 9.17) is 15.6 Å². The number of carbonyl (C=O) groups is 2. The van der Waals surface area contributed by atoms with Crippen LogP contribution in [0, 0.1) is 41.5 Å². The van der Waals surface area contributed by atoms with Crippen molar-refractivity contribution in [1.29, 1.82) is 0 Å². The van der Waals surface area contributed by atoms with Crippen LogP contribution < -0.4 is 31.0 Å². The smallest absolute Gasteiger partial charge is 0.410 e. The number of para-hydroxylation sites is 1. The monoisotopic (exact) mass is 893 g/mol. The summed E-state index contributed by atoms with van der Waals surface area (Å²) in [5.74, 6) is 1.10. The van der Waals surface area contributed by atoms with E-state index in [1.54, 1.807) is 55.1 Å². The largest absolute Gasteiger partial charge is 0.419 e. The lowest BCUT2D eigenvalue weighted by molar-refractivity contribution is 0.215. The van der Waals surface area contributed by atoms with E-state index in [0.717, 1.165) is 22.8 Å². The molecule has 3 amide bonds. The first-order valence-corrected chi connectivity index (χ1v) is 21.7. The van der Waals surface area contributed by atoms with Crippen LogP contribution in [0.4, 0.5) is 27.4 Å². The SMILES string of the molecule is CC(C)n1ccc(S(N)(=O)=O)n1.Cc1cc(C)nc(N)n1.Cc1cc(C)nc(NC(=O)NS(=O)(=O)c2ccn(C(C)C)n2)n1.Cc1cc(C)nc(NC(=O)Oc2ccccc2)n1. The molecule has 5 heterocycles. The van der Waals surface area contributed by atoms with Crippen molar-refractivity contribution in [3.63, 3.8) is 0 Å². The Morgan fingerprint density at radius 1 is 0.613 bits per heavy atom. The average molecular weight is 894 g/mol. The molecule has 22 nitrogen and oxygen atoms in total. The molecule has 0 atom stereocenters. The molecule has 0 saturated carbocycles. The van der Waals surface area contributed by atoms with Gasteiger partial charge in [0.2, 0.25) is 17.8 Å². The predicted molar refractivity (Wildman–Crippen MR) is 231 cm³/mol. The molecule has 5 aromatic heterocycles. The van der Waals surface area contributed by atoms with Gasteiger partial charge in [0.05, 0.1) is 0 Å². The molecular weight excluding hydrogens is 843 g/mol. The summed E-state index contributed by atoms with van der Waals surface area (Å²) >= 11 is 0. The van der Waals surface area contributed by atoms with Gasteiger partial charge in [-0.2, -0.15) is 18.6 Å². The highest BCUT2D eigenvalue weighted by atomic mass is 32.2. The van der Waals surface area contributed by atoms with Crippen molar-refractivity contribution in [2.75, 3.05) is 16.4 Å². The summed E-state index contributed by atoms with van der Waals surface area (Å²) < 4.78 is 55.7. The maximum absolute atomic E-state index is 12.1. The van der Waals surface area contributed by atoms with Gasteiger partial charge in [0, 0.05) is 58.6 Å². The highest BCUT2D eigenvalue weighted by Crippen LogP contribution is 2.12. The molecule has 6 rings (SSSR count). The Kier molecular flexibility index (Phi) is 17.6. The number of hydrogen-bond acceptors (Lipinski definition) is 16. The highest BCUT2D eigenvalue weighted by Gasteiger charge is 2.22. The molecule has 0 aliphatic rings. The lowest BCUT2D eigenvalue weighted by Gasteiger charge is -2.07. The van der Waals surface area contributed by atoms with Crippen molar-refractivity contribution in [2.24, 2.45) is 5.14 Å². The summed E-state index contributed by atoms with van der Waals surface area (Å²) in [4.78, 5) is 47.4. The molecule has 332 valence electrons. The number of ether oxygens (including phenoxy) is 1. The second-order valence-corrected chi connectivity index (χ2v) is 17.0. The zero-order valence-corrected chi connectivity index (χ0v) is 37.5. The maximum Gasteiger partial charge on any atom is 0.419 e. The van der Waals surface area contributed by atoms with E-state index in [0.29, 0.717) is 23.1 Å². The van der Waals surface area contributed by atoms with Crippen molar-refractivity contribution in [2.45, 2.75) is 91.4 Å². The van der Waals surface area contributed by atoms with Crippen LogP contribution in [0.5, 0.6) is 5.75 Å². The molecule has 0 fully saturated rings. The Labute approximate surface area is 360 Å². The fraction of sp³-hybridized carbons (Fsp3) is 0.316. The quantitative estimate of drug-likeness (QED) is 0.136. The summed E-state index contributed by atoms with van der Waals surface area (Å²) in [5, 5.41) is 17.0. The second-order valence-electron chi connectivity index (χ2n) is 13.8. The number of urea groups is 1. The zero-order chi connectivity index (χ0) is 46.4. The maximum atomic E-state index is 12.1. The van der Waals surface area contributed by atoms with Crippen molar-refractivity contribution in [3.05, 3.63) is 107 Å². The average Bonchev–Trinajstić information content (AvgIpc) is 3.84. The molecule has 0 saturated heterocycles. The number of nitrogens with zero attached hydrogens (tertiary/aromatic N) is 10. The molecule has 0 radical (unpaired) electrons. The molecule has 1 aromatic carbocycles. The Bertz CT molecular complexity index is 2580. The molecule has 0 aliphatic heterocycles. The number of rotatable bonds is 8. The van der Waals surface area contributed by atoms with Crippen molar-refractivity contribution < 1.29 is 31.2 Å². The van der Waals surface area contributed by atoms with Crippen molar-refractivity contribution in [1.82, 2.24) is 54.2 Å². The summed E-state index contributed by atoms with van der Waals surface area (Å²) in [6.07, 6.45) is 2.51. The van der Waals surface area contributed by atoms with Gasteiger partial charge in [-0.25, -0.2) is 57.8 Å². The summed E-state index contributed by atoms with van der Waals surface area (Å²) in [6.45, 7) is 18.5. The van der Waals surface area contributed by atoms with Gasteiger partial charge in [0.1, 0.15) is 5.75 Å². The second kappa shape index (κ2) is 22.1. The van der Waals surface area contributed by atoms with Gasteiger partial charge >= 0.3 is 12.1 Å². The number of anilines is 3. The van der Waals surface area contributed by atoms with Crippen LogP contribution >= 0.6 is 0 Å². The Morgan fingerprint density at radius 3 is 1.40 bits per heavy atom. The highest BCUT2D eigenvalue weighted by molar-refractivity contribution is 7.90. The van der Waals surface area contributed by atoms with Gasteiger partial charge < -0.3 is 10.5 Å². The minimum Gasteiger partial charge on any atom is -0.410 e. The summed E-state index contributed by atoms with van der Waals surface area (Å²) in [7, 11) is -7.71. The van der Waals surface area contributed by atoms with Gasteiger partial charge in [-0.3, -0.25) is 20.0 Å². The van der Waals surface area contributed by atoms with Crippen molar-refractivity contribution >= 4 is 50.0 Å². The number of primary sulfonamides is 1. The number of aryl methyl sites for hydroxylation is 6. The van der Waals surface area contributed by atoms with Crippen LogP contribution in [0.25, 0.3) is 0 Å². The number of nitrogen functional groups attached to an aromatic ring is 1. The Balaban J connectivity index is 0.000000233. The summed E-state index contributed by atoms with van der Waals surface area (Å²) in [5.41, 5.74) is 10.1. The van der Waals surface area contributed by atoms with E-state index < -0.39 is 32.2 Å². The number of nitrogens with one attached hydrogen (secondary N) is 3. The van der Waals surface area contributed by atoms with E-state index in [-0.39, 0.29) is 34.0 Å². The molecule has 0 spiro atoms. The minimum atomic E-state index is -4.06. The fourth-order valence-corrected chi connectivity index (χ4v) is 6.14. The number of hydrogen-bond donors (Lipinski definition) is 5. The molecule has 62 heavy (non-hydrogen) atoms. The summed E-state index contributed by atoms with van der Waals surface area (Å²) in [6, 6.07) is 16.2. The first-order valence-electron chi connectivity index (χ1n) is 18.6. The Hall–Kier alpha value is -6.92. The first-order chi connectivity index (χ1) is 28.9. The van der Waals surface area contributed by atoms with Crippen molar-refractivity contribution in [3.8, 4) is 5.75 Å². The van der Waals surface area contributed by atoms with E-state index in [1.807, 2.05) is 78.3 Å². The molecule has 0 bridgehead atoms. The lowest BCUT2D eigenvalue weighted by Crippen LogP contribution is -2.35. The standard InChI is InChI=1S/C13H18N6O3S.C13H13N3O2.C6H11N3O2S.C6H9N3/c1-8(2)19-6-5-11(17-19)23(21,22)18-13(20)16-12-14-9(3)7-10(4)15-12;1-9-8-10(2)15-12(14-9)16-13(17)18-11-6-4-3-5-7-11;1-5(2)9-4-3-6(8-9)12(7,10)11;1-4-3-5(2)9-6(7)8-4/h5-8H,1-4H3,(H2,14,15,16,18,20);3-8H,1-2H3,(H,14,15,16,17);3-5H,1-2H3,(H2,7,10,11);3H,1-2H3,(H2,7,8,9). The third kappa shape index (κ3) is 17.0. The third-order valence-corrected chi connectivity index (χ3v) is 9.40. The fourth-order valence-electron chi connectivity index (χ4n) is 4.84. The normalized spacial score (nSPS) is 10.9. The zero-order valence-electron chi connectivity index (χ0n) is 35.9. The number of nitrogens with two attached hydrogens (primary N) is 2. The van der Waals surface area contributed by atoms with Gasteiger partial charge in [0.15, 0.2) is 10.1 Å². The van der Waals surface area contributed by atoms with Crippen LogP contribution in [-0.4, -0.2) is 78.4 Å². The molecule has 6 aromatic rings. The first kappa shape index (κ1) is 49.4. The van der Waals surface area contributed by atoms with Gasteiger partial charge in [0.25, 0.3) is 20.0 Å². The van der Waals surface area contributed by atoms with Gasteiger partial charge in [-0.1, -0.05) is 18.2 Å². The minimum absolute atomic E-state index is 0.0106. The number of carbonyl (C=O) groups excluding carboxylic acids is 2. The van der Waals surface area contributed by atoms with E-state index in [9.17, 15) is 26.4 Å². The number of amides is 3. The molecule has 24 heteroatoms. The molecule has 0 aliphatic carbocycles. The molecule has 7 N–H and O–H groups in total. The van der Waals surface area contributed by atoms with Crippen LogP contribution in [0.3, 0.4) is 0 Å². The van der Waals surface area contributed by atoms with E-state index in [1.165, 1.54) is 23.0 Å². The molecule has 0 unspecified atom stereocenters. The van der Waals surface area contributed by atoms with E-state index >= 15 is 0 Å². The third-order valence-electron chi connectivity index (χ3n) is 7.38. The number of benzene rings is 1. The number of sulfonamides is 2. The van der Waals surface area contributed by atoms with Crippen LogP contribution in [0.15, 0.2) is 83.1 Å². The number of aromatic nitrogens is 10. The Morgan fingerprint density at radius 2 is 1.02 bits per heavy atom. The predicted octanol–water partition coefficient (Wildman–Crippen LogP) is 4.87. The van der Waals surface area contributed by atoms with Crippen LogP contribution in [0.1, 0.15) is 73.9 Å².